The highest BCUT2D eigenvalue weighted by atomic mass is 15.3. The number of aryl methyl sites for hydroxylation is 1. The van der Waals surface area contributed by atoms with E-state index in [0.717, 1.165) is 26.1 Å². The van der Waals surface area contributed by atoms with Crippen LogP contribution in [0.15, 0.2) is 18.3 Å². The molecule has 0 fully saturated rings. The Hall–Kier alpha value is -1.09. The van der Waals surface area contributed by atoms with Crippen LogP contribution in [-0.2, 0) is 6.54 Å². The van der Waals surface area contributed by atoms with Gasteiger partial charge in [-0.15, -0.1) is 0 Å². The zero-order chi connectivity index (χ0) is 11.8. The number of nitrogens with zero attached hydrogens (tertiary/aromatic N) is 2. The molecule has 3 nitrogen and oxygen atoms in total. The number of hydrogen-bond donors (Lipinski definition) is 1. The molecule has 1 rings (SSSR count). The molecule has 16 heavy (non-hydrogen) atoms. The Labute approximate surface area is 98.5 Å². The minimum absolute atomic E-state index is 0.707. The van der Waals surface area contributed by atoms with Crippen molar-refractivity contribution >= 4 is 6.08 Å². The second kappa shape index (κ2) is 7.23. The van der Waals surface area contributed by atoms with Crippen LogP contribution in [-0.4, -0.2) is 22.9 Å². The first-order valence-corrected chi connectivity index (χ1v) is 6.13. The first-order chi connectivity index (χ1) is 7.74. The summed E-state index contributed by atoms with van der Waals surface area (Å²) in [4.78, 5) is 0. The zero-order valence-corrected chi connectivity index (χ0v) is 10.6. The molecular formula is C13H23N3. The molecular weight excluding hydrogens is 198 g/mol. The third-order valence-electron chi connectivity index (χ3n) is 2.29. The fraction of sp³-hybridized carbons (Fsp3) is 0.615. The van der Waals surface area contributed by atoms with Crippen LogP contribution in [0.3, 0.4) is 0 Å². The maximum absolute atomic E-state index is 4.28. The number of aromatic nitrogens is 2. The molecule has 0 aromatic carbocycles. The van der Waals surface area contributed by atoms with Crippen molar-refractivity contribution in [2.24, 2.45) is 5.92 Å². The largest absolute Gasteiger partial charge is 0.313 e. The predicted octanol–water partition coefficient (Wildman–Crippen LogP) is 2.55. The minimum atomic E-state index is 0.707. The molecule has 0 saturated heterocycles. The van der Waals surface area contributed by atoms with Gasteiger partial charge in [0.2, 0.25) is 0 Å². The molecule has 0 aliphatic rings. The average molecular weight is 221 g/mol. The molecule has 1 aromatic rings. The highest BCUT2D eigenvalue weighted by molar-refractivity contribution is 5.44. The van der Waals surface area contributed by atoms with Crippen molar-refractivity contribution in [3.63, 3.8) is 0 Å². The van der Waals surface area contributed by atoms with Gasteiger partial charge in [0.1, 0.15) is 0 Å². The van der Waals surface area contributed by atoms with Crippen molar-refractivity contribution in [3.8, 4) is 0 Å². The van der Waals surface area contributed by atoms with Crippen LogP contribution in [0.5, 0.6) is 0 Å². The van der Waals surface area contributed by atoms with Gasteiger partial charge in [-0.05, 0) is 31.0 Å². The zero-order valence-electron chi connectivity index (χ0n) is 10.6. The maximum Gasteiger partial charge on any atom is 0.0607 e. The molecule has 1 aromatic heterocycles. The molecule has 0 saturated carbocycles. The van der Waals surface area contributed by atoms with Crippen LogP contribution in [0.2, 0.25) is 0 Å². The van der Waals surface area contributed by atoms with Crippen LogP contribution in [0.25, 0.3) is 6.08 Å². The van der Waals surface area contributed by atoms with Gasteiger partial charge < -0.3 is 5.32 Å². The van der Waals surface area contributed by atoms with Crippen LogP contribution >= 0.6 is 0 Å². The third kappa shape index (κ3) is 4.62. The van der Waals surface area contributed by atoms with Gasteiger partial charge in [-0.2, -0.15) is 5.10 Å². The van der Waals surface area contributed by atoms with E-state index in [2.05, 4.69) is 49.4 Å². The molecule has 3 heteroatoms. The van der Waals surface area contributed by atoms with E-state index in [1.165, 1.54) is 5.69 Å². The van der Waals surface area contributed by atoms with Crippen LogP contribution < -0.4 is 5.32 Å². The van der Waals surface area contributed by atoms with E-state index in [1.807, 2.05) is 10.9 Å². The molecule has 0 aliphatic carbocycles. The Bertz CT molecular complexity index is 313. The van der Waals surface area contributed by atoms with Gasteiger partial charge in [0.05, 0.1) is 5.69 Å². The smallest absolute Gasteiger partial charge is 0.0607 e. The van der Waals surface area contributed by atoms with Gasteiger partial charge >= 0.3 is 0 Å². The second-order valence-corrected chi connectivity index (χ2v) is 4.43. The molecule has 0 spiro atoms. The van der Waals surface area contributed by atoms with Crippen molar-refractivity contribution in [1.82, 2.24) is 15.1 Å². The van der Waals surface area contributed by atoms with Gasteiger partial charge in [0, 0.05) is 19.3 Å². The second-order valence-electron chi connectivity index (χ2n) is 4.43. The van der Waals surface area contributed by atoms with Crippen LogP contribution in [0.4, 0.5) is 0 Å². The normalized spacial score (nSPS) is 11.8. The lowest BCUT2D eigenvalue weighted by Crippen LogP contribution is -2.19. The molecule has 90 valence electrons. The lowest BCUT2D eigenvalue weighted by molar-refractivity contribution is 0.577. The first kappa shape index (κ1) is 13.0. The summed E-state index contributed by atoms with van der Waals surface area (Å²) in [6.45, 7) is 9.58. The van der Waals surface area contributed by atoms with Gasteiger partial charge in [-0.1, -0.05) is 26.8 Å². The standard InChI is InChI=1S/C13H23N3/c1-4-10-16-13(7-9-15-16)6-5-8-14-11-12(2)3/h5-7,9,12,14H,4,8,10-11H2,1-3H3/b6-5+. The Morgan fingerprint density at radius 1 is 1.50 bits per heavy atom. The molecule has 0 amide bonds. The number of hydrogen-bond acceptors (Lipinski definition) is 2. The number of rotatable bonds is 7. The van der Waals surface area contributed by atoms with Crippen molar-refractivity contribution in [3.05, 3.63) is 24.0 Å². The number of nitrogens with one attached hydrogen (secondary N) is 1. The van der Waals surface area contributed by atoms with Crippen molar-refractivity contribution in [2.45, 2.75) is 33.7 Å². The molecule has 1 heterocycles. The van der Waals surface area contributed by atoms with Gasteiger partial charge in [-0.25, -0.2) is 0 Å². The maximum atomic E-state index is 4.28. The van der Waals surface area contributed by atoms with E-state index < -0.39 is 0 Å². The van der Waals surface area contributed by atoms with E-state index in [4.69, 9.17) is 0 Å². The van der Waals surface area contributed by atoms with E-state index in [0.29, 0.717) is 5.92 Å². The molecule has 1 N–H and O–H groups in total. The molecule has 0 aliphatic heterocycles. The summed E-state index contributed by atoms with van der Waals surface area (Å²) in [6.07, 6.45) is 7.27. The summed E-state index contributed by atoms with van der Waals surface area (Å²) in [5.74, 6) is 0.707. The summed E-state index contributed by atoms with van der Waals surface area (Å²) in [7, 11) is 0. The molecule has 0 unspecified atom stereocenters. The highest BCUT2D eigenvalue weighted by Gasteiger charge is 1.96. The highest BCUT2D eigenvalue weighted by Crippen LogP contribution is 2.02. The Morgan fingerprint density at radius 3 is 3.00 bits per heavy atom. The van der Waals surface area contributed by atoms with E-state index in [-0.39, 0.29) is 0 Å². The van der Waals surface area contributed by atoms with Crippen LogP contribution in [0.1, 0.15) is 32.9 Å². The quantitative estimate of drug-likeness (QED) is 0.717. The van der Waals surface area contributed by atoms with Gasteiger partial charge in [-0.3, -0.25) is 4.68 Å². The Kier molecular flexibility index (Phi) is 5.86. The lowest BCUT2D eigenvalue weighted by atomic mass is 10.2. The lowest BCUT2D eigenvalue weighted by Gasteiger charge is -2.04. The van der Waals surface area contributed by atoms with Crippen molar-refractivity contribution in [2.75, 3.05) is 13.1 Å². The van der Waals surface area contributed by atoms with E-state index >= 15 is 0 Å². The SMILES string of the molecule is CCCn1nccc1/C=C/CNCC(C)C. The van der Waals surface area contributed by atoms with Gasteiger partial charge in [0.15, 0.2) is 0 Å². The summed E-state index contributed by atoms with van der Waals surface area (Å²) in [6, 6.07) is 2.05. The average Bonchev–Trinajstić information content (AvgIpc) is 2.65. The minimum Gasteiger partial charge on any atom is -0.313 e. The monoisotopic (exact) mass is 221 g/mol. The predicted molar refractivity (Wildman–Crippen MR) is 69.3 cm³/mol. The molecule has 0 radical (unpaired) electrons. The van der Waals surface area contributed by atoms with E-state index in [1.54, 1.807) is 0 Å². The molecule has 0 atom stereocenters. The van der Waals surface area contributed by atoms with Crippen molar-refractivity contribution < 1.29 is 0 Å². The van der Waals surface area contributed by atoms with Crippen LogP contribution in [0, 0.1) is 5.92 Å². The summed E-state index contributed by atoms with van der Waals surface area (Å²) in [5, 5.41) is 7.66. The van der Waals surface area contributed by atoms with Crippen molar-refractivity contribution in [1.29, 1.82) is 0 Å². The first-order valence-electron chi connectivity index (χ1n) is 6.13. The molecule has 0 bridgehead atoms. The summed E-state index contributed by atoms with van der Waals surface area (Å²) in [5.41, 5.74) is 1.19. The topological polar surface area (TPSA) is 29.9 Å². The summed E-state index contributed by atoms with van der Waals surface area (Å²) >= 11 is 0. The van der Waals surface area contributed by atoms with E-state index in [9.17, 15) is 0 Å². The Balaban J connectivity index is 2.34. The Morgan fingerprint density at radius 2 is 2.31 bits per heavy atom. The third-order valence-corrected chi connectivity index (χ3v) is 2.29. The van der Waals surface area contributed by atoms with Gasteiger partial charge in [0.25, 0.3) is 0 Å². The summed E-state index contributed by atoms with van der Waals surface area (Å²) < 4.78 is 2.04. The fourth-order valence-corrected chi connectivity index (χ4v) is 1.52. The fourth-order valence-electron chi connectivity index (χ4n) is 1.52.